The van der Waals surface area contributed by atoms with Crippen LogP contribution in [-0.4, -0.2) is 16.3 Å². The van der Waals surface area contributed by atoms with E-state index >= 15 is 0 Å². The molecule has 1 fully saturated rings. The Labute approximate surface area is 102 Å². The van der Waals surface area contributed by atoms with Crippen molar-refractivity contribution in [3.63, 3.8) is 0 Å². The molecular formula is C14H21NO2. The molecule has 0 amide bonds. The second-order valence-corrected chi connectivity index (χ2v) is 4.89. The zero-order valence-corrected chi connectivity index (χ0v) is 10.2. The van der Waals surface area contributed by atoms with E-state index in [0.29, 0.717) is 6.04 Å². The molecule has 1 aromatic rings. The van der Waals surface area contributed by atoms with Gasteiger partial charge in [0.15, 0.2) is 11.5 Å². The molecule has 0 aliphatic heterocycles. The van der Waals surface area contributed by atoms with E-state index in [1.54, 1.807) is 12.1 Å². The van der Waals surface area contributed by atoms with Gasteiger partial charge in [-0.15, -0.1) is 0 Å². The van der Waals surface area contributed by atoms with Crippen LogP contribution >= 0.6 is 0 Å². The summed E-state index contributed by atoms with van der Waals surface area (Å²) in [5.41, 5.74) is 1.02. The van der Waals surface area contributed by atoms with E-state index in [9.17, 15) is 10.2 Å². The van der Waals surface area contributed by atoms with Gasteiger partial charge >= 0.3 is 0 Å². The molecule has 0 bridgehead atoms. The Hall–Kier alpha value is -1.22. The number of nitrogens with one attached hydrogen (secondary N) is 1. The maximum atomic E-state index is 9.40. The van der Waals surface area contributed by atoms with Crippen molar-refractivity contribution < 1.29 is 10.2 Å². The van der Waals surface area contributed by atoms with Crippen LogP contribution in [0.4, 0.5) is 0 Å². The average Bonchev–Trinajstić information content (AvgIpc) is 2.59. The van der Waals surface area contributed by atoms with Gasteiger partial charge in [0.2, 0.25) is 0 Å². The summed E-state index contributed by atoms with van der Waals surface area (Å²) < 4.78 is 0. The second-order valence-electron chi connectivity index (χ2n) is 4.89. The van der Waals surface area contributed by atoms with E-state index in [0.717, 1.165) is 12.1 Å². The summed E-state index contributed by atoms with van der Waals surface area (Å²) in [7, 11) is 0. The Morgan fingerprint density at radius 2 is 1.71 bits per heavy atom. The fourth-order valence-corrected chi connectivity index (χ4v) is 2.42. The summed E-state index contributed by atoms with van der Waals surface area (Å²) in [6, 6.07) is 5.62. The number of rotatable bonds is 3. The summed E-state index contributed by atoms with van der Waals surface area (Å²) in [5.74, 6) is -0.0895. The van der Waals surface area contributed by atoms with Crippen molar-refractivity contribution >= 4 is 0 Å². The molecule has 0 spiro atoms. The van der Waals surface area contributed by atoms with Gasteiger partial charge in [0.25, 0.3) is 0 Å². The summed E-state index contributed by atoms with van der Waals surface area (Å²) in [6.07, 6.45) is 7.86. The highest BCUT2D eigenvalue weighted by atomic mass is 16.3. The van der Waals surface area contributed by atoms with Crippen LogP contribution in [0.15, 0.2) is 18.2 Å². The van der Waals surface area contributed by atoms with Gasteiger partial charge in [-0.3, -0.25) is 0 Å². The van der Waals surface area contributed by atoms with Gasteiger partial charge in [-0.05, 0) is 30.5 Å². The molecule has 3 heteroatoms. The molecule has 1 aromatic carbocycles. The van der Waals surface area contributed by atoms with E-state index in [1.165, 1.54) is 38.5 Å². The van der Waals surface area contributed by atoms with E-state index in [2.05, 4.69) is 5.32 Å². The molecule has 0 unspecified atom stereocenters. The third kappa shape index (κ3) is 3.63. The van der Waals surface area contributed by atoms with Gasteiger partial charge in [-0.25, -0.2) is 0 Å². The zero-order valence-electron chi connectivity index (χ0n) is 10.2. The summed E-state index contributed by atoms with van der Waals surface area (Å²) in [5, 5.41) is 22.2. The lowest BCUT2D eigenvalue weighted by atomic mass is 10.1. The number of phenols is 2. The van der Waals surface area contributed by atoms with Crippen LogP contribution in [0, 0.1) is 0 Å². The fraction of sp³-hybridized carbons (Fsp3) is 0.571. The van der Waals surface area contributed by atoms with Gasteiger partial charge in [0.1, 0.15) is 0 Å². The molecule has 0 saturated heterocycles. The summed E-state index contributed by atoms with van der Waals surface area (Å²) in [6.45, 7) is 0.762. The van der Waals surface area contributed by atoms with Crippen LogP contribution in [0.5, 0.6) is 11.5 Å². The highest BCUT2D eigenvalue weighted by Crippen LogP contribution is 2.25. The average molecular weight is 235 g/mol. The maximum absolute atomic E-state index is 9.40. The molecule has 3 N–H and O–H groups in total. The van der Waals surface area contributed by atoms with Crippen molar-refractivity contribution in [2.45, 2.75) is 51.1 Å². The first-order valence-electron chi connectivity index (χ1n) is 6.50. The van der Waals surface area contributed by atoms with Crippen molar-refractivity contribution in [3.8, 4) is 11.5 Å². The number of phenolic OH excluding ortho intramolecular Hbond substituents is 2. The van der Waals surface area contributed by atoms with Gasteiger partial charge in [0, 0.05) is 12.6 Å². The number of benzene rings is 1. The second kappa shape index (κ2) is 5.92. The Morgan fingerprint density at radius 3 is 2.35 bits per heavy atom. The zero-order chi connectivity index (χ0) is 12.1. The van der Waals surface area contributed by atoms with Crippen LogP contribution in [0.3, 0.4) is 0 Å². The third-order valence-electron chi connectivity index (χ3n) is 3.49. The highest BCUT2D eigenvalue weighted by Gasteiger charge is 2.11. The molecule has 0 aromatic heterocycles. The lowest BCUT2D eigenvalue weighted by molar-refractivity contribution is 0.402. The molecule has 0 atom stereocenters. The lowest BCUT2D eigenvalue weighted by Gasteiger charge is -2.16. The van der Waals surface area contributed by atoms with Gasteiger partial charge < -0.3 is 15.5 Å². The molecule has 1 aliphatic carbocycles. The van der Waals surface area contributed by atoms with E-state index in [-0.39, 0.29) is 11.5 Å². The smallest absolute Gasteiger partial charge is 0.157 e. The number of hydrogen-bond donors (Lipinski definition) is 3. The van der Waals surface area contributed by atoms with Crippen LogP contribution in [-0.2, 0) is 6.54 Å². The van der Waals surface area contributed by atoms with Crippen molar-refractivity contribution in [3.05, 3.63) is 23.8 Å². The molecule has 0 radical (unpaired) electrons. The summed E-state index contributed by atoms with van der Waals surface area (Å²) in [4.78, 5) is 0. The topological polar surface area (TPSA) is 52.5 Å². The first-order chi connectivity index (χ1) is 8.25. The summed E-state index contributed by atoms with van der Waals surface area (Å²) >= 11 is 0. The van der Waals surface area contributed by atoms with E-state index in [1.807, 2.05) is 6.07 Å². The normalized spacial score (nSPS) is 17.9. The molecule has 17 heavy (non-hydrogen) atoms. The van der Waals surface area contributed by atoms with Crippen molar-refractivity contribution in [1.29, 1.82) is 0 Å². The minimum atomic E-state index is -0.0526. The quantitative estimate of drug-likeness (QED) is 0.557. The predicted octanol–water partition coefficient (Wildman–Crippen LogP) is 2.91. The monoisotopic (exact) mass is 235 g/mol. The van der Waals surface area contributed by atoms with Crippen molar-refractivity contribution in [2.24, 2.45) is 0 Å². The Bertz CT molecular complexity index is 357. The first kappa shape index (κ1) is 12.2. The maximum Gasteiger partial charge on any atom is 0.157 e. The van der Waals surface area contributed by atoms with E-state index < -0.39 is 0 Å². The fourth-order valence-electron chi connectivity index (χ4n) is 2.42. The predicted molar refractivity (Wildman–Crippen MR) is 68.1 cm³/mol. The Kier molecular flexibility index (Phi) is 4.26. The lowest BCUT2D eigenvalue weighted by Crippen LogP contribution is -2.27. The first-order valence-corrected chi connectivity index (χ1v) is 6.50. The highest BCUT2D eigenvalue weighted by molar-refractivity contribution is 5.40. The minimum Gasteiger partial charge on any atom is -0.504 e. The van der Waals surface area contributed by atoms with Crippen molar-refractivity contribution in [1.82, 2.24) is 5.32 Å². The molecule has 1 saturated carbocycles. The third-order valence-corrected chi connectivity index (χ3v) is 3.49. The Morgan fingerprint density at radius 1 is 1.00 bits per heavy atom. The SMILES string of the molecule is Oc1ccc(CNC2CCCCCC2)cc1O. The van der Waals surface area contributed by atoms with Gasteiger partial charge in [-0.2, -0.15) is 0 Å². The number of aromatic hydroxyl groups is 2. The largest absolute Gasteiger partial charge is 0.504 e. The Balaban J connectivity index is 1.85. The van der Waals surface area contributed by atoms with Crippen LogP contribution in [0.25, 0.3) is 0 Å². The van der Waals surface area contributed by atoms with Crippen LogP contribution < -0.4 is 5.32 Å². The van der Waals surface area contributed by atoms with Crippen LogP contribution in [0.2, 0.25) is 0 Å². The molecule has 1 aliphatic rings. The standard InChI is InChI=1S/C14H21NO2/c16-13-8-7-11(9-14(13)17)10-15-12-5-3-1-2-4-6-12/h7-9,12,15-17H,1-6,10H2. The number of hydrogen-bond acceptors (Lipinski definition) is 3. The molecule has 2 rings (SSSR count). The molecular weight excluding hydrogens is 214 g/mol. The van der Waals surface area contributed by atoms with Crippen molar-refractivity contribution in [2.75, 3.05) is 0 Å². The molecule has 3 nitrogen and oxygen atoms in total. The van der Waals surface area contributed by atoms with Gasteiger partial charge in [0.05, 0.1) is 0 Å². The molecule has 0 heterocycles. The molecule has 94 valence electrons. The van der Waals surface area contributed by atoms with Gasteiger partial charge in [-0.1, -0.05) is 31.7 Å². The minimum absolute atomic E-state index is 0.0369. The van der Waals surface area contributed by atoms with Crippen LogP contribution in [0.1, 0.15) is 44.1 Å². The van der Waals surface area contributed by atoms with E-state index in [4.69, 9.17) is 0 Å².